The number of carbonyl (C=O) groups is 1. The Kier molecular flexibility index (Phi) is 2.72. The third kappa shape index (κ3) is 1.98. The number of aromatic amines is 1. The van der Waals surface area contributed by atoms with E-state index in [0.717, 1.165) is 11.8 Å². The van der Waals surface area contributed by atoms with Gasteiger partial charge in [-0.05, 0) is 61.8 Å². The number of carbonyl (C=O) groups excluding carboxylic acids is 1. The van der Waals surface area contributed by atoms with Crippen molar-refractivity contribution >= 4 is 5.91 Å². The van der Waals surface area contributed by atoms with Crippen molar-refractivity contribution in [3.63, 3.8) is 0 Å². The number of pyridine rings is 1. The summed E-state index contributed by atoms with van der Waals surface area (Å²) in [7, 11) is 0. The molecule has 5 rings (SSSR count). The number of hydrogen-bond donors (Lipinski definition) is 2. The van der Waals surface area contributed by atoms with Crippen LogP contribution in [0.25, 0.3) is 0 Å². The Bertz CT molecular complexity index is 564. The summed E-state index contributed by atoms with van der Waals surface area (Å²) in [6.07, 6.45) is 8.09. The van der Waals surface area contributed by atoms with Crippen LogP contribution in [0.4, 0.5) is 0 Å². The van der Waals surface area contributed by atoms with Crippen LogP contribution in [0.15, 0.2) is 23.1 Å². The van der Waals surface area contributed by atoms with Gasteiger partial charge >= 0.3 is 0 Å². The van der Waals surface area contributed by atoms with Crippen molar-refractivity contribution in [1.82, 2.24) is 10.3 Å². The molecule has 1 aromatic rings. The molecule has 0 atom stereocenters. The third-order valence-corrected chi connectivity index (χ3v) is 5.56. The highest BCUT2D eigenvalue weighted by Crippen LogP contribution is 2.53. The average Bonchev–Trinajstić information content (AvgIpc) is 2.42. The van der Waals surface area contributed by atoms with E-state index < -0.39 is 0 Å². The molecule has 4 saturated carbocycles. The standard InChI is InChI=1S/C16H20N2O2/c19-14-8-11(1-2-17-14)16(20)18-15-12-4-9-3-10(6-12)7-13(15)5-9/h1-2,8-10,12-13,15H,3-7H2,(H,17,19)(H,18,20). The van der Waals surface area contributed by atoms with Crippen LogP contribution in [-0.4, -0.2) is 16.9 Å². The monoisotopic (exact) mass is 272 g/mol. The molecule has 0 unspecified atom stereocenters. The molecule has 0 radical (unpaired) electrons. The minimum absolute atomic E-state index is 0.0893. The van der Waals surface area contributed by atoms with Gasteiger partial charge in [0.15, 0.2) is 0 Å². The van der Waals surface area contributed by atoms with E-state index in [1.165, 1.54) is 44.4 Å². The van der Waals surface area contributed by atoms with Gasteiger partial charge in [0, 0.05) is 23.9 Å². The zero-order valence-electron chi connectivity index (χ0n) is 11.5. The maximum absolute atomic E-state index is 12.3. The quantitative estimate of drug-likeness (QED) is 0.864. The Balaban J connectivity index is 1.52. The van der Waals surface area contributed by atoms with Gasteiger partial charge in [-0.15, -0.1) is 0 Å². The molecule has 2 N–H and O–H groups in total. The second-order valence-corrected chi connectivity index (χ2v) is 6.87. The smallest absolute Gasteiger partial charge is 0.251 e. The predicted octanol–water partition coefficient (Wildman–Crippen LogP) is 1.93. The van der Waals surface area contributed by atoms with Crippen LogP contribution < -0.4 is 10.9 Å². The molecule has 4 bridgehead atoms. The molecule has 1 aromatic heterocycles. The summed E-state index contributed by atoms with van der Waals surface area (Å²) >= 11 is 0. The van der Waals surface area contributed by atoms with Gasteiger partial charge in [0.1, 0.15) is 0 Å². The summed E-state index contributed by atoms with van der Waals surface area (Å²) in [5, 5.41) is 3.21. The Morgan fingerprint density at radius 3 is 2.35 bits per heavy atom. The van der Waals surface area contributed by atoms with Crippen LogP contribution in [0.5, 0.6) is 0 Å². The Labute approximate surface area is 118 Å². The topological polar surface area (TPSA) is 62.0 Å². The predicted molar refractivity (Wildman–Crippen MR) is 75.4 cm³/mol. The molecule has 1 amide bonds. The second-order valence-electron chi connectivity index (χ2n) is 6.87. The Morgan fingerprint density at radius 1 is 1.10 bits per heavy atom. The molecular formula is C16H20N2O2. The van der Waals surface area contributed by atoms with Crippen LogP contribution in [0.1, 0.15) is 42.5 Å². The van der Waals surface area contributed by atoms with E-state index >= 15 is 0 Å². The summed E-state index contributed by atoms with van der Waals surface area (Å²) in [5.41, 5.74) is 0.255. The molecule has 4 fully saturated rings. The summed E-state index contributed by atoms with van der Waals surface area (Å²) < 4.78 is 0. The van der Waals surface area contributed by atoms with Crippen LogP contribution in [0.2, 0.25) is 0 Å². The molecule has 0 aromatic carbocycles. The first-order valence-electron chi connectivity index (χ1n) is 7.68. The Morgan fingerprint density at radius 2 is 1.75 bits per heavy atom. The molecule has 4 aliphatic carbocycles. The minimum atomic E-state index is -0.220. The van der Waals surface area contributed by atoms with E-state index in [2.05, 4.69) is 10.3 Å². The fourth-order valence-electron chi connectivity index (χ4n) is 4.98. The second kappa shape index (κ2) is 4.47. The van der Waals surface area contributed by atoms with Crippen molar-refractivity contribution < 1.29 is 4.79 Å². The van der Waals surface area contributed by atoms with E-state index in [9.17, 15) is 9.59 Å². The van der Waals surface area contributed by atoms with Gasteiger partial charge in [-0.25, -0.2) is 0 Å². The molecule has 4 nitrogen and oxygen atoms in total. The largest absolute Gasteiger partial charge is 0.349 e. The molecule has 0 saturated heterocycles. The number of H-pyrrole nitrogens is 1. The van der Waals surface area contributed by atoms with Gasteiger partial charge in [-0.1, -0.05) is 0 Å². The zero-order chi connectivity index (χ0) is 13.7. The highest BCUT2D eigenvalue weighted by atomic mass is 16.2. The van der Waals surface area contributed by atoms with E-state index in [-0.39, 0.29) is 11.5 Å². The number of amides is 1. The van der Waals surface area contributed by atoms with Crippen LogP contribution >= 0.6 is 0 Å². The van der Waals surface area contributed by atoms with Crippen molar-refractivity contribution in [2.75, 3.05) is 0 Å². The maximum atomic E-state index is 12.3. The lowest BCUT2D eigenvalue weighted by atomic mass is 9.54. The number of nitrogens with one attached hydrogen (secondary N) is 2. The molecule has 4 heteroatoms. The molecule has 4 aliphatic rings. The Hall–Kier alpha value is -1.58. The van der Waals surface area contributed by atoms with Gasteiger partial charge in [0.05, 0.1) is 0 Å². The number of hydrogen-bond acceptors (Lipinski definition) is 2. The summed E-state index contributed by atoms with van der Waals surface area (Å²) in [4.78, 5) is 26.2. The van der Waals surface area contributed by atoms with Crippen LogP contribution in [0, 0.1) is 23.7 Å². The van der Waals surface area contributed by atoms with Crippen molar-refractivity contribution in [3.8, 4) is 0 Å². The SMILES string of the molecule is O=C(NC1C2CC3CC(C2)CC1C3)c1cc[nH]c(=O)c1. The molecule has 0 spiro atoms. The van der Waals surface area contributed by atoms with Crippen molar-refractivity contribution in [3.05, 3.63) is 34.2 Å². The molecular weight excluding hydrogens is 252 g/mol. The molecule has 0 aliphatic heterocycles. The fourth-order valence-corrected chi connectivity index (χ4v) is 4.98. The zero-order valence-corrected chi connectivity index (χ0v) is 11.5. The highest BCUT2D eigenvalue weighted by molar-refractivity contribution is 5.94. The first kappa shape index (κ1) is 12.2. The van der Waals surface area contributed by atoms with E-state index in [4.69, 9.17) is 0 Å². The molecule has 1 heterocycles. The maximum Gasteiger partial charge on any atom is 0.251 e. The summed E-state index contributed by atoms with van der Waals surface area (Å²) in [6.45, 7) is 0. The van der Waals surface area contributed by atoms with Gasteiger partial charge in [0.25, 0.3) is 5.91 Å². The highest BCUT2D eigenvalue weighted by Gasteiger charge is 2.48. The lowest BCUT2D eigenvalue weighted by Crippen LogP contribution is -2.55. The first-order valence-corrected chi connectivity index (χ1v) is 7.68. The molecule has 106 valence electrons. The number of rotatable bonds is 2. The number of aromatic nitrogens is 1. The van der Waals surface area contributed by atoms with Crippen LogP contribution in [0.3, 0.4) is 0 Å². The van der Waals surface area contributed by atoms with E-state index in [1.54, 1.807) is 6.07 Å². The van der Waals surface area contributed by atoms with Gasteiger partial charge in [-0.2, -0.15) is 0 Å². The van der Waals surface area contributed by atoms with Gasteiger partial charge in [-0.3, -0.25) is 9.59 Å². The average molecular weight is 272 g/mol. The first-order chi connectivity index (χ1) is 9.69. The van der Waals surface area contributed by atoms with E-state index in [0.29, 0.717) is 23.4 Å². The lowest BCUT2D eigenvalue weighted by Gasteiger charge is -2.54. The van der Waals surface area contributed by atoms with Crippen molar-refractivity contribution in [1.29, 1.82) is 0 Å². The van der Waals surface area contributed by atoms with Crippen molar-refractivity contribution in [2.45, 2.75) is 38.1 Å². The normalized spacial score (nSPS) is 37.9. The third-order valence-electron chi connectivity index (χ3n) is 5.56. The van der Waals surface area contributed by atoms with Gasteiger partial charge < -0.3 is 10.3 Å². The van der Waals surface area contributed by atoms with Crippen LogP contribution in [-0.2, 0) is 0 Å². The summed E-state index contributed by atoms with van der Waals surface area (Å²) in [5.74, 6) is 3.05. The fraction of sp³-hybridized carbons (Fsp3) is 0.625. The van der Waals surface area contributed by atoms with Gasteiger partial charge in [0.2, 0.25) is 5.56 Å². The van der Waals surface area contributed by atoms with E-state index in [1.807, 2.05) is 0 Å². The summed E-state index contributed by atoms with van der Waals surface area (Å²) in [6, 6.07) is 3.38. The van der Waals surface area contributed by atoms with Crippen molar-refractivity contribution in [2.24, 2.45) is 23.7 Å². The molecule has 20 heavy (non-hydrogen) atoms. The lowest BCUT2D eigenvalue weighted by molar-refractivity contribution is -0.0119. The minimum Gasteiger partial charge on any atom is -0.349 e.